The van der Waals surface area contributed by atoms with Crippen LogP contribution in [0, 0.1) is 13.8 Å². The van der Waals surface area contributed by atoms with Gasteiger partial charge in [-0.05, 0) is 36.4 Å². The Hall–Kier alpha value is -1.81. The van der Waals surface area contributed by atoms with Crippen LogP contribution < -0.4 is 10.1 Å². The average Bonchev–Trinajstić information content (AvgIpc) is 2.90. The molecule has 0 unspecified atom stereocenters. The first-order chi connectivity index (χ1) is 9.66. The second kappa shape index (κ2) is 7.10. The number of nitrogens with one attached hydrogen (secondary N) is 1. The van der Waals surface area contributed by atoms with Crippen LogP contribution in [0.5, 0.6) is 5.75 Å². The van der Waals surface area contributed by atoms with E-state index in [4.69, 9.17) is 4.74 Å². The van der Waals surface area contributed by atoms with E-state index in [1.165, 1.54) is 0 Å². The minimum atomic E-state index is 0.0394. The normalized spacial score (nSPS) is 10.3. The van der Waals surface area contributed by atoms with Crippen LogP contribution >= 0.6 is 11.3 Å². The lowest BCUT2D eigenvalue weighted by atomic mass is 10.1. The van der Waals surface area contributed by atoms with E-state index in [1.807, 2.05) is 49.6 Å². The van der Waals surface area contributed by atoms with Crippen molar-refractivity contribution in [1.29, 1.82) is 0 Å². The Balaban J connectivity index is 1.72. The molecule has 0 bridgehead atoms. The van der Waals surface area contributed by atoms with Crippen molar-refractivity contribution < 1.29 is 9.53 Å². The first kappa shape index (κ1) is 14.6. The van der Waals surface area contributed by atoms with Gasteiger partial charge >= 0.3 is 0 Å². The fourth-order valence-electron chi connectivity index (χ4n) is 2.00. The van der Waals surface area contributed by atoms with Gasteiger partial charge in [0.2, 0.25) is 5.91 Å². The molecule has 3 nitrogen and oxygen atoms in total. The number of hydrogen-bond donors (Lipinski definition) is 1. The zero-order valence-corrected chi connectivity index (χ0v) is 12.6. The topological polar surface area (TPSA) is 38.3 Å². The Kier molecular flexibility index (Phi) is 5.18. The minimum Gasteiger partial charge on any atom is -0.491 e. The maximum Gasteiger partial charge on any atom is 0.225 e. The summed E-state index contributed by atoms with van der Waals surface area (Å²) in [6.45, 7) is 5.06. The van der Waals surface area contributed by atoms with Crippen LogP contribution in [0.1, 0.15) is 16.0 Å². The van der Waals surface area contributed by atoms with Crippen molar-refractivity contribution >= 4 is 17.2 Å². The van der Waals surface area contributed by atoms with E-state index in [0.29, 0.717) is 19.6 Å². The van der Waals surface area contributed by atoms with Crippen LogP contribution in [0.25, 0.3) is 0 Å². The van der Waals surface area contributed by atoms with Crippen molar-refractivity contribution in [2.24, 2.45) is 0 Å². The molecule has 106 valence electrons. The highest BCUT2D eigenvalue weighted by Crippen LogP contribution is 2.21. The molecule has 0 spiro atoms. The molecule has 0 saturated heterocycles. The van der Waals surface area contributed by atoms with Crippen LogP contribution in [-0.4, -0.2) is 19.1 Å². The molecule has 0 fully saturated rings. The lowest BCUT2D eigenvalue weighted by Crippen LogP contribution is -2.29. The molecule has 1 heterocycles. The summed E-state index contributed by atoms with van der Waals surface area (Å²) >= 11 is 1.60. The van der Waals surface area contributed by atoms with E-state index in [-0.39, 0.29) is 5.91 Å². The highest BCUT2D eigenvalue weighted by atomic mass is 32.1. The standard InChI is InChI=1S/C16H19NO2S/c1-12-5-3-6-13(2)16(12)19-9-8-17-15(18)11-14-7-4-10-20-14/h3-7,10H,8-9,11H2,1-2H3,(H,17,18). The minimum absolute atomic E-state index is 0.0394. The monoisotopic (exact) mass is 289 g/mol. The van der Waals surface area contributed by atoms with Gasteiger partial charge in [0.25, 0.3) is 0 Å². The van der Waals surface area contributed by atoms with Crippen LogP contribution in [0.2, 0.25) is 0 Å². The molecule has 0 radical (unpaired) electrons. The third-order valence-electron chi connectivity index (χ3n) is 2.99. The van der Waals surface area contributed by atoms with Gasteiger partial charge in [-0.25, -0.2) is 0 Å². The number of para-hydroxylation sites is 1. The summed E-state index contributed by atoms with van der Waals surface area (Å²) in [6.07, 6.45) is 0.445. The van der Waals surface area contributed by atoms with Gasteiger partial charge in [-0.2, -0.15) is 0 Å². The van der Waals surface area contributed by atoms with E-state index in [9.17, 15) is 4.79 Å². The number of aryl methyl sites for hydroxylation is 2. The third-order valence-corrected chi connectivity index (χ3v) is 3.87. The summed E-state index contributed by atoms with van der Waals surface area (Å²) in [5.41, 5.74) is 2.24. The summed E-state index contributed by atoms with van der Waals surface area (Å²) in [5, 5.41) is 4.85. The van der Waals surface area contributed by atoms with E-state index in [2.05, 4.69) is 5.32 Å². The second-order valence-corrected chi connectivity index (χ2v) is 5.71. The van der Waals surface area contributed by atoms with Gasteiger partial charge in [-0.15, -0.1) is 11.3 Å². The highest BCUT2D eigenvalue weighted by Gasteiger charge is 2.05. The molecule has 20 heavy (non-hydrogen) atoms. The SMILES string of the molecule is Cc1cccc(C)c1OCCNC(=O)Cc1cccs1. The van der Waals surface area contributed by atoms with Crippen molar-refractivity contribution in [3.63, 3.8) is 0 Å². The molecule has 0 aliphatic carbocycles. The molecule has 0 aliphatic heterocycles. The van der Waals surface area contributed by atoms with E-state index in [0.717, 1.165) is 21.8 Å². The maximum atomic E-state index is 11.7. The first-order valence-electron chi connectivity index (χ1n) is 6.65. The predicted octanol–water partition coefficient (Wildman–Crippen LogP) is 3.10. The second-order valence-electron chi connectivity index (χ2n) is 4.68. The fourth-order valence-corrected chi connectivity index (χ4v) is 2.71. The van der Waals surface area contributed by atoms with Gasteiger partial charge in [0.15, 0.2) is 0 Å². The molecular formula is C16H19NO2S. The number of hydrogen-bond acceptors (Lipinski definition) is 3. The molecule has 0 saturated carbocycles. The number of benzene rings is 1. The molecule has 2 rings (SSSR count). The van der Waals surface area contributed by atoms with E-state index < -0.39 is 0 Å². The lowest BCUT2D eigenvalue weighted by molar-refractivity contribution is -0.120. The zero-order valence-electron chi connectivity index (χ0n) is 11.8. The van der Waals surface area contributed by atoms with Crippen LogP contribution in [0.3, 0.4) is 0 Å². The Bertz CT molecular complexity index is 544. The molecule has 0 aliphatic rings. The first-order valence-corrected chi connectivity index (χ1v) is 7.53. The Morgan fingerprint density at radius 1 is 1.20 bits per heavy atom. The molecular weight excluding hydrogens is 270 g/mol. The number of carbonyl (C=O) groups is 1. The number of ether oxygens (including phenoxy) is 1. The number of carbonyl (C=O) groups excluding carboxylic acids is 1. The smallest absolute Gasteiger partial charge is 0.225 e. The zero-order chi connectivity index (χ0) is 14.4. The van der Waals surface area contributed by atoms with Crippen molar-refractivity contribution in [2.75, 3.05) is 13.2 Å². The van der Waals surface area contributed by atoms with Crippen molar-refractivity contribution in [1.82, 2.24) is 5.32 Å². The lowest BCUT2D eigenvalue weighted by Gasteiger charge is -2.12. The Labute approximate surface area is 123 Å². The van der Waals surface area contributed by atoms with E-state index >= 15 is 0 Å². The summed E-state index contributed by atoms with van der Waals surface area (Å²) in [4.78, 5) is 12.8. The van der Waals surface area contributed by atoms with Crippen LogP contribution in [0.15, 0.2) is 35.7 Å². The Morgan fingerprint density at radius 2 is 1.95 bits per heavy atom. The van der Waals surface area contributed by atoms with Gasteiger partial charge in [-0.1, -0.05) is 24.3 Å². The van der Waals surface area contributed by atoms with Gasteiger partial charge in [-0.3, -0.25) is 4.79 Å². The Morgan fingerprint density at radius 3 is 2.60 bits per heavy atom. The molecule has 1 N–H and O–H groups in total. The molecule has 2 aromatic rings. The van der Waals surface area contributed by atoms with Crippen molar-refractivity contribution in [3.8, 4) is 5.75 Å². The highest BCUT2D eigenvalue weighted by molar-refractivity contribution is 7.10. The largest absolute Gasteiger partial charge is 0.491 e. The van der Waals surface area contributed by atoms with Gasteiger partial charge < -0.3 is 10.1 Å². The van der Waals surface area contributed by atoms with Gasteiger partial charge in [0.1, 0.15) is 12.4 Å². The summed E-state index contributed by atoms with van der Waals surface area (Å²) < 4.78 is 5.74. The number of amides is 1. The molecule has 1 aromatic heterocycles. The molecule has 1 aromatic carbocycles. The quantitative estimate of drug-likeness (QED) is 0.830. The van der Waals surface area contributed by atoms with Crippen LogP contribution in [-0.2, 0) is 11.2 Å². The fraction of sp³-hybridized carbons (Fsp3) is 0.312. The van der Waals surface area contributed by atoms with Gasteiger partial charge in [0, 0.05) is 4.88 Å². The third kappa shape index (κ3) is 4.10. The number of thiophene rings is 1. The van der Waals surface area contributed by atoms with Crippen LogP contribution in [0.4, 0.5) is 0 Å². The molecule has 0 atom stereocenters. The summed E-state index contributed by atoms with van der Waals surface area (Å²) in [5.74, 6) is 0.956. The maximum absolute atomic E-state index is 11.7. The number of rotatable bonds is 6. The van der Waals surface area contributed by atoms with E-state index in [1.54, 1.807) is 11.3 Å². The summed E-state index contributed by atoms with van der Waals surface area (Å²) in [7, 11) is 0. The average molecular weight is 289 g/mol. The summed E-state index contributed by atoms with van der Waals surface area (Å²) in [6, 6.07) is 9.99. The van der Waals surface area contributed by atoms with Crippen molar-refractivity contribution in [2.45, 2.75) is 20.3 Å². The molecule has 4 heteroatoms. The van der Waals surface area contributed by atoms with Gasteiger partial charge in [0.05, 0.1) is 13.0 Å². The molecule has 1 amide bonds. The predicted molar refractivity (Wildman–Crippen MR) is 82.4 cm³/mol. The van der Waals surface area contributed by atoms with Crippen molar-refractivity contribution in [3.05, 3.63) is 51.7 Å².